The first-order valence-corrected chi connectivity index (χ1v) is 6.74. The van der Waals surface area contributed by atoms with Gasteiger partial charge < -0.3 is 25.4 Å². The van der Waals surface area contributed by atoms with Crippen LogP contribution in [0.15, 0.2) is 53.1 Å². The fourth-order valence-electron chi connectivity index (χ4n) is 2.57. The fraction of sp³-hybridized carbons (Fsp3) is 0.188. The molecule has 6 heteroatoms. The number of nitrogens with two attached hydrogens (primary N) is 1. The summed E-state index contributed by atoms with van der Waals surface area (Å²) in [5, 5.41) is 12.2. The molecule has 0 aromatic heterocycles. The Morgan fingerprint density at radius 2 is 2.05 bits per heavy atom. The van der Waals surface area contributed by atoms with Crippen molar-refractivity contribution in [3.8, 4) is 17.6 Å². The summed E-state index contributed by atoms with van der Waals surface area (Å²) in [5.41, 5.74) is 9.13. The van der Waals surface area contributed by atoms with Gasteiger partial charge in [-0.15, -0.1) is 0 Å². The van der Waals surface area contributed by atoms with E-state index in [1.54, 1.807) is 14.2 Å². The first kappa shape index (κ1) is 13.9. The molecular formula is C16H16N4O2. The summed E-state index contributed by atoms with van der Waals surface area (Å²) < 4.78 is 10.6. The first-order valence-electron chi connectivity index (χ1n) is 6.74. The highest BCUT2D eigenvalue weighted by molar-refractivity contribution is 5.68. The third-order valence-electron chi connectivity index (χ3n) is 3.72. The van der Waals surface area contributed by atoms with Gasteiger partial charge in [-0.25, -0.2) is 0 Å². The van der Waals surface area contributed by atoms with E-state index in [1.165, 1.54) is 0 Å². The van der Waals surface area contributed by atoms with E-state index in [0.29, 0.717) is 29.4 Å². The van der Waals surface area contributed by atoms with Gasteiger partial charge in [0.15, 0.2) is 11.5 Å². The van der Waals surface area contributed by atoms with Crippen LogP contribution in [0.2, 0.25) is 0 Å². The number of methoxy groups -OCH3 is 2. The van der Waals surface area contributed by atoms with E-state index in [2.05, 4.69) is 11.4 Å². The van der Waals surface area contributed by atoms with Crippen molar-refractivity contribution in [2.24, 2.45) is 5.73 Å². The average molecular weight is 296 g/mol. The number of benzene rings is 1. The molecule has 2 aliphatic rings. The van der Waals surface area contributed by atoms with Gasteiger partial charge >= 0.3 is 0 Å². The first-order chi connectivity index (χ1) is 10.7. The number of allylic oxidation sites excluding steroid dienone is 1. The molecule has 22 heavy (non-hydrogen) atoms. The molecule has 0 atom stereocenters. The number of fused-ring (bicyclic) bond motifs is 1. The predicted molar refractivity (Wildman–Crippen MR) is 83.0 cm³/mol. The van der Waals surface area contributed by atoms with E-state index >= 15 is 0 Å². The second-order valence-corrected chi connectivity index (χ2v) is 4.92. The van der Waals surface area contributed by atoms with Gasteiger partial charge in [-0.1, -0.05) is 0 Å². The lowest BCUT2D eigenvalue weighted by molar-refractivity contribution is 0.355. The number of nitriles is 1. The standard InChI is InChI=1S/C16H16N4O2/c1-21-14-4-3-11(5-15(14)22-2)20-8-10-7-19-16(18)12(6-17)13(10)9-20/h3-5,7,9,19H,8,18H2,1-2H3. The summed E-state index contributed by atoms with van der Waals surface area (Å²) in [6.45, 7) is 0.663. The Kier molecular flexibility index (Phi) is 3.39. The van der Waals surface area contributed by atoms with Crippen molar-refractivity contribution >= 4 is 5.69 Å². The molecule has 0 saturated heterocycles. The summed E-state index contributed by atoms with van der Waals surface area (Å²) in [6, 6.07) is 7.86. The average Bonchev–Trinajstić information content (AvgIpc) is 2.98. The zero-order valence-corrected chi connectivity index (χ0v) is 12.4. The molecule has 0 spiro atoms. The summed E-state index contributed by atoms with van der Waals surface area (Å²) in [4.78, 5) is 2.04. The van der Waals surface area contributed by atoms with Crippen molar-refractivity contribution in [3.63, 3.8) is 0 Å². The second-order valence-electron chi connectivity index (χ2n) is 4.92. The van der Waals surface area contributed by atoms with Gasteiger partial charge in [0.2, 0.25) is 0 Å². The van der Waals surface area contributed by atoms with Crippen LogP contribution in [-0.2, 0) is 0 Å². The van der Waals surface area contributed by atoms with E-state index in [0.717, 1.165) is 16.8 Å². The zero-order chi connectivity index (χ0) is 15.7. The van der Waals surface area contributed by atoms with Crippen molar-refractivity contribution in [3.05, 3.63) is 53.1 Å². The Labute approximate surface area is 128 Å². The van der Waals surface area contributed by atoms with Crippen LogP contribution in [0.3, 0.4) is 0 Å². The number of hydrogen-bond donors (Lipinski definition) is 2. The highest BCUT2D eigenvalue weighted by atomic mass is 16.5. The molecule has 6 nitrogen and oxygen atoms in total. The normalized spacial score (nSPS) is 16.3. The van der Waals surface area contributed by atoms with Crippen molar-refractivity contribution in [2.45, 2.75) is 0 Å². The molecule has 3 N–H and O–H groups in total. The zero-order valence-electron chi connectivity index (χ0n) is 12.4. The molecular weight excluding hydrogens is 280 g/mol. The maximum atomic E-state index is 9.26. The molecule has 1 aromatic rings. The highest BCUT2D eigenvalue weighted by Gasteiger charge is 2.26. The number of ether oxygens (including phenoxy) is 2. The van der Waals surface area contributed by atoms with Gasteiger partial charge in [0.05, 0.1) is 14.2 Å². The quantitative estimate of drug-likeness (QED) is 0.881. The van der Waals surface area contributed by atoms with Crippen LogP contribution in [0, 0.1) is 11.3 Å². The van der Waals surface area contributed by atoms with Crippen molar-refractivity contribution < 1.29 is 9.47 Å². The van der Waals surface area contributed by atoms with E-state index in [-0.39, 0.29) is 0 Å². The van der Waals surface area contributed by atoms with Gasteiger partial charge in [0.25, 0.3) is 0 Å². The Morgan fingerprint density at radius 1 is 1.27 bits per heavy atom. The van der Waals surface area contributed by atoms with Crippen LogP contribution >= 0.6 is 0 Å². The minimum atomic E-state index is 0.381. The molecule has 2 aliphatic heterocycles. The maximum absolute atomic E-state index is 9.26. The number of nitrogens with one attached hydrogen (secondary N) is 1. The second kappa shape index (κ2) is 5.37. The highest BCUT2D eigenvalue weighted by Crippen LogP contribution is 2.36. The van der Waals surface area contributed by atoms with E-state index < -0.39 is 0 Å². The third kappa shape index (κ3) is 2.13. The van der Waals surface area contributed by atoms with Crippen molar-refractivity contribution in [2.75, 3.05) is 25.7 Å². The monoisotopic (exact) mass is 296 g/mol. The molecule has 0 amide bonds. The lowest BCUT2D eigenvalue weighted by Crippen LogP contribution is -2.22. The minimum absolute atomic E-state index is 0.381. The minimum Gasteiger partial charge on any atom is -0.493 e. The Balaban J connectivity index is 1.98. The summed E-state index contributed by atoms with van der Waals surface area (Å²) in [5.74, 6) is 1.72. The topological polar surface area (TPSA) is 83.5 Å². The molecule has 0 unspecified atom stereocenters. The summed E-state index contributed by atoms with van der Waals surface area (Å²) >= 11 is 0. The number of nitrogens with zero attached hydrogens (tertiary/aromatic N) is 2. The molecule has 2 heterocycles. The van der Waals surface area contributed by atoms with E-state index in [1.807, 2.05) is 35.5 Å². The predicted octanol–water partition coefficient (Wildman–Crippen LogP) is 1.59. The largest absolute Gasteiger partial charge is 0.493 e. The molecule has 0 bridgehead atoms. The van der Waals surface area contributed by atoms with Crippen LogP contribution in [-0.4, -0.2) is 20.8 Å². The number of rotatable bonds is 3. The number of hydrogen-bond acceptors (Lipinski definition) is 6. The van der Waals surface area contributed by atoms with Crippen LogP contribution in [0.4, 0.5) is 5.69 Å². The lowest BCUT2D eigenvalue weighted by Gasteiger charge is -2.18. The van der Waals surface area contributed by atoms with Crippen LogP contribution < -0.4 is 25.4 Å². The fourth-order valence-corrected chi connectivity index (χ4v) is 2.57. The van der Waals surface area contributed by atoms with Gasteiger partial charge in [-0.05, 0) is 17.7 Å². The van der Waals surface area contributed by atoms with Crippen molar-refractivity contribution in [1.29, 1.82) is 5.26 Å². The lowest BCUT2D eigenvalue weighted by atomic mass is 10.0. The van der Waals surface area contributed by atoms with Crippen LogP contribution in [0.25, 0.3) is 0 Å². The smallest absolute Gasteiger partial charge is 0.162 e. The summed E-state index contributed by atoms with van der Waals surface area (Å²) in [7, 11) is 3.21. The van der Waals surface area contributed by atoms with Gasteiger partial charge in [0, 0.05) is 36.3 Å². The number of anilines is 1. The molecule has 112 valence electrons. The van der Waals surface area contributed by atoms with Gasteiger partial charge in [0.1, 0.15) is 17.5 Å². The molecule has 0 fully saturated rings. The van der Waals surface area contributed by atoms with E-state index in [4.69, 9.17) is 15.2 Å². The maximum Gasteiger partial charge on any atom is 0.162 e. The van der Waals surface area contributed by atoms with Gasteiger partial charge in [-0.2, -0.15) is 5.26 Å². The molecule has 1 aromatic carbocycles. The van der Waals surface area contributed by atoms with Crippen molar-refractivity contribution in [1.82, 2.24) is 5.32 Å². The SMILES string of the molecule is COc1ccc(N2C=C3C(=CNC(N)=C3C#N)C2)cc1OC. The van der Waals surface area contributed by atoms with Crippen LogP contribution in [0.1, 0.15) is 0 Å². The molecule has 0 radical (unpaired) electrons. The van der Waals surface area contributed by atoms with Gasteiger partial charge in [-0.3, -0.25) is 0 Å². The molecule has 0 saturated carbocycles. The number of dihydropyridines is 1. The Hall–Kier alpha value is -3.07. The Morgan fingerprint density at radius 3 is 2.73 bits per heavy atom. The van der Waals surface area contributed by atoms with Crippen LogP contribution in [0.5, 0.6) is 11.5 Å². The summed E-state index contributed by atoms with van der Waals surface area (Å²) in [6.07, 6.45) is 3.77. The molecule has 0 aliphatic carbocycles. The molecule has 3 rings (SSSR count). The van der Waals surface area contributed by atoms with E-state index in [9.17, 15) is 5.26 Å². The third-order valence-corrected chi connectivity index (χ3v) is 3.72. The Bertz CT molecular complexity index is 756.